The van der Waals surface area contributed by atoms with Crippen LogP contribution in [0.5, 0.6) is 11.5 Å². The maximum absolute atomic E-state index is 8.12. The molecule has 5 heteroatoms. The Bertz CT molecular complexity index is 695. The highest BCUT2D eigenvalue weighted by Gasteiger charge is 2.43. The summed E-state index contributed by atoms with van der Waals surface area (Å²) in [7, 11) is 0. The van der Waals surface area contributed by atoms with Crippen LogP contribution in [0.1, 0.15) is 25.0 Å². The van der Waals surface area contributed by atoms with Crippen LogP contribution < -0.4 is 10.1 Å². The van der Waals surface area contributed by atoms with Crippen LogP contribution in [0.3, 0.4) is 0 Å². The van der Waals surface area contributed by atoms with E-state index in [4.69, 9.17) is 19.6 Å². The largest absolute Gasteiger partial charge is 0.457 e. The summed E-state index contributed by atoms with van der Waals surface area (Å²) in [5, 5.41) is 11.1. The molecule has 0 unspecified atom stereocenters. The van der Waals surface area contributed by atoms with Crippen molar-refractivity contribution in [1.29, 1.82) is 5.41 Å². The number of nitrogens with one attached hydrogen (secondary N) is 2. The van der Waals surface area contributed by atoms with Crippen molar-refractivity contribution in [1.82, 2.24) is 5.32 Å². The Hall–Kier alpha value is -2.37. The lowest BCUT2D eigenvalue weighted by Gasteiger charge is -2.29. The van der Waals surface area contributed by atoms with Crippen LogP contribution in [0.4, 0.5) is 0 Å². The Balaban J connectivity index is 1.98. The molecule has 0 aromatic heterocycles. The van der Waals surface area contributed by atoms with Crippen LogP contribution in [0, 0.1) is 5.41 Å². The van der Waals surface area contributed by atoms with Gasteiger partial charge in [0.2, 0.25) is 0 Å². The van der Waals surface area contributed by atoms with Gasteiger partial charge in [-0.25, -0.2) is 0 Å². The van der Waals surface area contributed by atoms with Gasteiger partial charge in [-0.2, -0.15) is 0 Å². The van der Waals surface area contributed by atoms with Gasteiger partial charge >= 0.3 is 0 Å². The minimum absolute atomic E-state index is 0.285. The summed E-state index contributed by atoms with van der Waals surface area (Å²) < 4.78 is 17.5. The molecule has 0 amide bonds. The molecule has 0 fully saturated rings. The molecule has 1 aliphatic heterocycles. The maximum atomic E-state index is 8.12. The van der Waals surface area contributed by atoms with Crippen LogP contribution in [0.2, 0.25) is 0 Å². The average molecular weight is 312 g/mol. The first-order valence-electron chi connectivity index (χ1n) is 7.71. The number of amidine groups is 1. The highest BCUT2D eigenvalue weighted by atomic mass is 16.7. The monoisotopic (exact) mass is 312 g/mol. The van der Waals surface area contributed by atoms with E-state index in [0.717, 1.165) is 16.9 Å². The molecular formula is C18H20N2O3. The fraction of sp³-hybridized carbons (Fsp3) is 0.278. The fourth-order valence-corrected chi connectivity index (χ4v) is 2.68. The van der Waals surface area contributed by atoms with Crippen molar-refractivity contribution in [2.75, 3.05) is 13.2 Å². The van der Waals surface area contributed by atoms with Gasteiger partial charge in [-0.1, -0.05) is 18.2 Å². The summed E-state index contributed by atoms with van der Waals surface area (Å²) in [6.07, 6.45) is 0. The smallest absolute Gasteiger partial charge is 0.279 e. The first-order valence-corrected chi connectivity index (χ1v) is 7.71. The molecule has 0 saturated carbocycles. The lowest BCUT2D eigenvalue weighted by atomic mass is 10.1. The van der Waals surface area contributed by atoms with Crippen LogP contribution in [0.25, 0.3) is 0 Å². The minimum Gasteiger partial charge on any atom is -0.457 e. The van der Waals surface area contributed by atoms with Gasteiger partial charge in [0.15, 0.2) is 0 Å². The second-order valence-corrected chi connectivity index (χ2v) is 5.11. The Morgan fingerprint density at radius 3 is 2.30 bits per heavy atom. The molecule has 5 nitrogen and oxygen atoms in total. The van der Waals surface area contributed by atoms with Crippen LogP contribution in [0.15, 0.2) is 48.5 Å². The van der Waals surface area contributed by atoms with E-state index in [1.807, 2.05) is 62.4 Å². The molecule has 120 valence electrons. The van der Waals surface area contributed by atoms with Crippen molar-refractivity contribution in [3.05, 3.63) is 59.7 Å². The Morgan fingerprint density at radius 1 is 0.957 bits per heavy atom. The molecule has 0 aliphatic carbocycles. The zero-order valence-electron chi connectivity index (χ0n) is 13.3. The first kappa shape index (κ1) is 15.5. The van der Waals surface area contributed by atoms with Gasteiger partial charge in [0.1, 0.15) is 17.3 Å². The van der Waals surface area contributed by atoms with E-state index in [-0.39, 0.29) is 5.84 Å². The van der Waals surface area contributed by atoms with Crippen molar-refractivity contribution >= 4 is 5.84 Å². The molecule has 0 atom stereocenters. The van der Waals surface area contributed by atoms with E-state index >= 15 is 0 Å². The molecule has 1 heterocycles. The third-order valence-corrected chi connectivity index (χ3v) is 3.58. The third kappa shape index (κ3) is 2.93. The van der Waals surface area contributed by atoms with E-state index in [2.05, 4.69) is 5.32 Å². The number of hydrogen-bond acceptors (Lipinski definition) is 4. The average Bonchev–Trinajstić information content (AvgIpc) is 2.81. The molecule has 0 spiro atoms. The molecule has 0 bridgehead atoms. The van der Waals surface area contributed by atoms with E-state index in [1.54, 1.807) is 0 Å². The van der Waals surface area contributed by atoms with Gasteiger partial charge in [0.25, 0.3) is 5.91 Å². The summed E-state index contributed by atoms with van der Waals surface area (Å²) in [5.41, 5.74) is 1.52. The number of benzene rings is 2. The quantitative estimate of drug-likeness (QED) is 0.800. The molecule has 0 saturated heterocycles. The van der Waals surface area contributed by atoms with Gasteiger partial charge in [-0.15, -0.1) is 0 Å². The Kier molecular flexibility index (Phi) is 4.32. The highest BCUT2D eigenvalue weighted by molar-refractivity contribution is 6.01. The summed E-state index contributed by atoms with van der Waals surface area (Å²) in [4.78, 5) is 0. The Morgan fingerprint density at radius 2 is 1.65 bits per heavy atom. The van der Waals surface area contributed by atoms with Crippen LogP contribution in [-0.2, 0) is 15.4 Å². The highest BCUT2D eigenvalue weighted by Crippen LogP contribution is 2.36. The zero-order chi connectivity index (χ0) is 16.3. The number of fused-ring (bicyclic) bond motifs is 1. The second kappa shape index (κ2) is 6.40. The van der Waals surface area contributed by atoms with Gasteiger partial charge in [0, 0.05) is 24.3 Å². The second-order valence-electron chi connectivity index (χ2n) is 5.11. The molecule has 2 aromatic carbocycles. The standard InChI is InChI=1S/C18H20N2O3/c1-3-21-18(22-4-2)16-12-14(10-11-15(16)17(19)20-18)23-13-8-6-5-7-9-13/h5-12H,3-4H2,1-2H3,(H2,19,20). The summed E-state index contributed by atoms with van der Waals surface area (Å²) in [6, 6.07) is 15.1. The lowest BCUT2D eigenvalue weighted by Crippen LogP contribution is -2.44. The van der Waals surface area contributed by atoms with Crippen molar-refractivity contribution in [3.8, 4) is 11.5 Å². The SMILES string of the molecule is CCOC1(OCC)NC(=N)c2ccc(Oc3ccccc3)cc21. The van der Waals surface area contributed by atoms with E-state index in [9.17, 15) is 0 Å². The molecule has 1 aliphatic rings. The van der Waals surface area contributed by atoms with E-state index < -0.39 is 5.91 Å². The zero-order valence-corrected chi connectivity index (χ0v) is 13.3. The van der Waals surface area contributed by atoms with Crippen molar-refractivity contribution in [2.24, 2.45) is 0 Å². The van der Waals surface area contributed by atoms with Crippen molar-refractivity contribution < 1.29 is 14.2 Å². The van der Waals surface area contributed by atoms with Gasteiger partial charge < -0.3 is 19.5 Å². The van der Waals surface area contributed by atoms with Gasteiger partial charge in [-0.05, 0) is 44.2 Å². The van der Waals surface area contributed by atoms with Crippen molar-refractivity contribution in [3.63, 3.8) is 0 Å². The predicted octanol–water partition coefficient (Wildman–Crippen LogP) is 3.59. The molecule has 2 N–H and O–H groups in total. The Labute approximate surface area is 135 Å². The molecule has 23 heavy (non-hydrogen) atoms. The summed E-state index contributed by atoms with van der Waals surface area (Å²) >= 11 is 0. The van der Waals surface area contributed by atoms with E-state index in [0.29, 0.717) is 19.0 Å². The lowest BCUT2D eigenvalue weighted by molar-refractivity contribution is -0.249. The van der Waals surface area contributed by atoms with Crippen LogP contribution in [-0.4, -0.2) is 19.0 Å². The van der Waals surface area contributed by atoms with Gasteiger partial charge in [0.05, 0.1) is 0 Å². The third-order valence-electron chi connectivity index (χ3n) is 3.58. The number of hydrogen-bond donors (Lipinski definition) is 2. The topological polar surface area (TPSA) is 63.6 Å². The molecule has 3 rings (SSSR count). The predicted molar refractivity (Wildman–Crippen MR) is 87.9 cm³/mol. The number of para-hydroxylation sites is 1. The summed E-state index contributed by atoms with van der Waals surface area (Å²) in [5.74, 6) is 0.599. The number of ether oxygens (including phenoxy) is 3. The minimum atomic E-state index is -1.12. The number of rotatable bonds is 6. The maximum Gasteiger partial charge on any atom is 0.279 e. The van der Waals surface area contributed by atoms with Gasteiger partial charge in [-0.3, -0.25) is 5.41 Å². The molecular weight excluding hydrogens is 292 g/mol. The fourth-order valence-electron chi connectivity index (χ4n) is 2.68. The van der Waals surface area contributed by atoms with Crippen molar-refractivity contribution in [2.45, 2.75) is 19.8 Å². The van der Waals surface area contributed by atoms with Crippen LogP contribution >= 0.6 is 0 Å². The molecule has 2 aromatic rings. The normalized spacial score (nSPS) is 15.1. The van der Waals surface area contributed by atoms with E-state index in [1.165, 1.54) is 0 Å². The summed E-state index contributed by atoms with van der Waals surface area (Å²) in [6.45, 7) is 4.72. The molecule has 0 radical (unpaired) electrons. The first-order chi connectivity index (χ1) is 11.2.